The van der Waals surface area contributed by atoms with Crippen molar-refractivity contribution in [2.75, 3.05) is 0 Å². The highest BCUT2D eigenvalue weighted by molar-refractivity contribution is 6.42. The average Bonchev–Trinajstić information content (AvgIpc) is 2.96. The van der Waals surface area contributed by atoms with Crippen LogP contribution in [-0.4, -0.2) is 9.55 Å². The van der Waals surface area contributed by atoms with Crippen LogP contribution in [0.3, 0.4) is 0 Å². The van der Waals surface area contributed by atoms with Crippen LogP contribution in [0, 0.1) is 0 Å². The van der Waals surface area contributed by atoms with Crippen molar-refractivity contribution >= 4 is 45.8 Å². The molecule has 0 bridgehead atoms. The van der Waals surface area contributed by atoms with Gasteiger partial charge in [0.1, 0.15) is 5.82 Å². The summed E-state index contributed by atoms with van der Waals surface area (Å²) < 4.78 is 2.25. The van der Waals surface area contributed by atoms with Gasteiger partial charge in [0.15, 0.2) is 0 Å². The summed E-state index contributed by atoms with van der Waals surface area (Å²) in [6.07, 6.45) is 4.92. The van der Waals surface area contributed by atoms with Gasteiger partial charge in [0.05, 0.1) is 27.0 Å². The van der Waals surface area contributed by atoms with E-state index in [0.717, 1.165) is 16.9 Å². The lowest BCUT2D eigenvalue weighted by Crippen LogP contribution is -2.08. The molecule has 0 N–H and O–H groups in total. The number of nitrogens with zero attached hydrogens (tertiary/aromatic N) is 2. The average molecular weight is 304 g/mol. The van der Waals surface area contributed by atoms with E-state index in [0.29, 0.717) is 22.0 Å². The van der Waals surface area contributed by atoms with E-state index in [4.69, 9.17) is 34.8 Å². The van der Waals surface area contributed by atoms with Gasteiger partial charge in [0.25, 0.3) is 0 Å². The van der Waals surface area contributed by atoms with Crippen LogP contribution in [0.25, 0.3) is 11.0 Å². The molecular formula is C13H13Cl3N2. The van der Waals surface area contributed by atoms with Crippen LogP contribution >= 0.6 is 34.8 Å². The molecule has 0 amide bonds. The van der Waals surface area contributed by atoms with Crippen molar-refractivity contribution in [2.24, 2.45) is 0 Å². The van der Waals surface area contributed by atoms with E-state index in [-0.39, 0.29) is 0 Å². The second-order valence-electron chi connectivity index (χ2n) is 4.72. The van der Waals surface area contributed by atoms with Crippen LogP contribution in [0.5, 0.6) is 0 Å². The lowest BCUT2D eigenvalue weighted by atomic mass is 10.2. The van der Waals surface area contributed by atoms with Gasteiger partial charge in [-0.1, -0.05) is 36.0 Å². The summed E-state index contributed by atoms with van der Waals surface area (Å²) in [6.45, 7) is 0. The van der Waals surface area contributed by atoms with Gasteiger partial charge in [0.2, 0.25) is 0 Å². The number of fused-ring (bicyclic) bond motifs is 1. The quantitative estimate of drug-likeness (QED) is 0.697. The highest BCUT2D eigenvalue weighted by Crippen LogP contribution is 2.36. The summed E-state index contributed by atoms with van der Waals surface area (Å²) in [5, 5.41) is 1.12. The Morgan fingerprint density at radius 2 is 1.83 bits per heavy atom. The molecule has 1 aliphatic carbocycles. The molecule has 0 spiro atoms. The van der Waals surface area contributed by atoms with E-state index in [1.807, 2.05) is 12.1 Å². The molecule has 2 nitrogen and oxygen atoms in total. The van der Waals surface area contributed by atoms with Crippen LogP contribution in [0.1, 0.15) is 37.5 Å². The van der Waals surface area contributed by atoms with Gasteiger partial charge in [0, 0.05) is 6.04 Å². The molecule has 18 heavy (non-hydrogen) atoms. The Hall–Kier alpha value is -0.440. The Kier molecular flexibility index (Phi) is 3.44. The van der Waals surface area contributed by atoms with Crippen LogP contribution in [0.2, 0.25) is 10.0 Å². The molecule has 1 heterocycles. The van der Waals surface area contributed by atoms with Crippen LogP contribution < -0.4 is 0 Å². The van der Waals surface area contributed by atoms with E-state index < -0.39 is 0 Å². The van der Waals surface area contributed by atoms with Crippen molar-refractivity contribution in [3.63, 3.8) is 0 Å². The number of hydrogen-bond donors (Lipinski definition) is 0. The normalized spacial score (nSPS) is 16.8. The maximum Gasteiger partial charge on any atom is 0.125 e. The first-order valence-corrected chi connectivity index (χ1v) is 7.41. The largest absolute Gasteiger partial charge is 0.324 e. The Morgan fingerprint density at radius 1 is 1.17 bits per heavy atom. The van der Waals surface area contributed by atoms with Crippen molar-refractivity contribution in [3.05, 3.63) is 28.0 Å². The summed E-state index contributed by atoms with van der Waals surface area (Å²) in [5.74, 6) is 1.33. The van der Waals surface area contributed by atoms with E-state index in [1.165, 1.54) is 25.7 Å². The monoisotopic (exact) mass is 302 g/mol. The van der Waals surface area contributed by atoms with Crippen molar-refractivity contribution < 1.29 is 0 Å². The molecule has 0 saturated heterocycles. The second-order valence-corrected chi connectivity index (χ2v) is 5.81. The molecule has 96 valence electrons. The molecule has 2 aromatic rings. The van der Waals surface area contributed by atoms with Crippen molar-refractivity contribution in [2.45, 2.75) is 37.6 Å². The number of rotatable bonds is 2. The van der Waals surface area contributed by atoms with Gasteiger partial charge in [-0.05, 0) is 25.0 Å². The van der Waals surface area contributed by atoms with Gasteiger partial charge in [-0.3, -0.25) is 0 Å². The van der Waals surface area contributed by atoms with E-state index in [9.17, 15) is 0 Å². The van der Waals surface area contributed by atoms with Crippen molar-refractivity contribution in [1.29, 1.82) is 0 Å². The third kappa shape index (κ3) is 2.01. The molecule has 1 aromatic heterocycles. The maximum absolute atomic E-state index is 6.11. The van der Waals surface area contributed by atoms with Gasteiger partial charge < -0.3 is 4.57 Å². The number of aromatic nitrogens is 2. The first-order valence-electron chi connectivity index (χ1n) is 6.12. The van der Waals surface area contributed by atoms with E-state index >= 15 is 0 Å². The summed E-state index contributed by atoms with van der Waals surface area (Å²) in [6, 6.07) is 4.22. The van der Waals surface area contributed by atoms with Crippen molar-refractivity contribution in [3.8, 4) is 0 Å². The third-order valence-corrected chi connectivity index (χ3v) is 4.58. The number of alkyl halides is 1. The molecule has 0 aliphatic heterocycles. The minimum absolute atomic E-state index is 0.417. The first kappa shape index (κ1) is 12.6. The van der Waals surface area contributed by atoms with E-state index in [2.05, 4.69) is 9.55 Å². The standard InChI is InChI=1S/C13H13Cl3N2/c14-7-13-17-11-5-9(15)10(16)6-12(11)18(13)8-3-1-2-4-8/h5-6,8H,1-4,7H2. The van der Waals surface area contributed by atoms with Gasteiger partial charge in [-0.25, -0.2) is 4.98 Å². The third-order valence-electron chi connectivity index (χ3n) is 3.61. The highest BCUT2D eigenvalue weighted by Gasteiger charge is 2.22. The van der Waals surface area contributed by atoms with Gasteiger partial charge in [-0.2, -0.15) is 0 Å². The summed E-state index contributed by atoms with van der Waals surface area (Å²) in [5.41, 5.74) is 1.93. The summed E-state index contributed by atoms with van der Waals surface area (Å²) in [4.78, 5) is 4.57. The Morgan fingerprint density at radius 3 is 2.50 bits per heavy atom. The topological polar surface area (TPSA) is 17.8 Å². The molecule has 5 heteroatoms. The molecule has 3 rings (SSSR count). The van der Waals surface area contributed by atoms with Gasteiger partial charge >= 0.3 is 0 Å². The summed E-state index contributed by atoms with van der Waals surface area (Å²) in [7, 11) is 0. The Labute approximate surface area is 121 Å². The molecule has 0 atom stereocenters. The lowest BCUT2D eigenvalue weighted by Gasteiger charge is -2.15. The molecule has 0 radical (unpaired) electrons. The van der Waals surface area contributed by atoms with Gasteiger partial charge in [-0.15, -0.1) is 11.6 Å². The molecule has 1 aromatic carbocycles. The Balaban J connectivity index is 2.23. The van der Waals surface area contributed by atoms with Crippen LogP contribution in [0.4, 0.5) is 0 Å². The highest BCUT2D eigenvalue weighted by atomic mass is 35.5. The SMILES string of the molecule is ClCc1nc2cc(Cl)c(Cl)cc2n1C1CCCC1. The van der Waals surface area contributed by atoms with Crippen LogP contribution in [0.15, 0.2) is 12.1 Å². The van der Waals surface area contributed by atoms with E-state index in [1.54, 1.807) is 0 Å². The fraction of sp³-hybridized carbons (Fsp3) is 0.462. The molecule has 1 fully saturated rings. The Bertz CT molecular complexity index is 585. The summed E-state index contributed by atoms with van der Waals surface area (Å²) >= 11 is 18.2. The van der Waals surface area contributed by atoms with Crippen molar-refractivity contribution in [1.82, 2.24) is 9.55 Å². The first-order chi connectivity index (χ1) is 8.70. The molecule has 1 saturated carbocycles. The number of imidazole rings is 1. The number of benzene rings is 1. The second kappa shape index (κ2) is 4.92. The number of hydrogen-bond acceptors (Lipinski definition) is 1. The number of halogens is 3. The zero-order valence-corrected chi connectivity index (χ0v) is 12.1. The smallest absolute Gasteiger partial charge is 0.125 e. The van der Waals surface area contributed by atoms with Crippen LogP contribution in [-0.2, 0) is 5.88 Å². The molecule has 0 unspecified atom stereocenters. The molecular weight excluding hydrogens is 291 g/mol. The minimum Gasteiger partial charge on any atom is -0.324 e. The zero-order chi connectivity index (χ0) is 12.7. The molecule has 1 aliphatic rings. The fourth-order valence-corrected chi connectivity index (χ4v) is 3.31. The predicted molar refractivity (Wildman–Crippen MR) is 76.8 cm³/mol. The zero-order valence-electron chi connectivity index (χ0n) is 9.80. The predicted octanol–water partition coefficient (Wildman–Crippen LogP) is 5.20. The lowest BCUT2D eigenvalue weighted by molar-refractivity contribution is 0.518. The fourth-order valence-electron chi connectivity index (χ4n) is 2.80. The minimum atomic E-state index is 0.417. The maximum atomic E-state index is 6.11.